The average Bonchev–Trinajstić information content (AvgIpc) is 2.55. The van der Waals surface area contributed by atoms with Gasteiger partial charge in [-0.05, 0) is 50.1 Å². The van der Waals surface area contributed by atoms with E-state index in [9.17, 15) is 9.59 Å². The molecular formula is C18H21N3O2. The number of carbonyl (C=O) groups is 2. The van der Waals surface area contributed by atoms with Crippen molar-refractivity contribution >= 4 is 17.5 Å². The summed E-state index contributed by atoms with van der Waals surface area (Å²) >= 11 is 0. The largest absolute Gasteiger partial charge is 0.351 e. The van der Waals surface area contributed by atoms with Crippen molar-refractivity contribution in [3.63, 3.8) is 0 Å². The molecule has 2 rings (SSSR count). The highest BCUT2D eigenvalue weighted by atomic mass is 16.2. The van der Waals surface area contributed by atoms with E-state index in [0.29, 0.717) is 12.2 Å². The van der Waals surface area contributed by atoms with E-state index in [1.165, 1.54) is 0 Å². The minimum Gasteiger partial charge on any atom is -0.351 e. The zero-order chi connectivity index (χ0) is 16.9. The van der Waals surface area contributed by atoms with Crippen LogP contribution in [0.5, 0.6) is 0 Å². The molecule has 5 heteroatoms. The first-order chi connectivity index (χ1) is 10.9. The summed E-state index contributed by atoms with van der Waals surface area (Å²) in [5.74, 6) is -0.653. The summed E-state index contributed by atoms with van der Waals surface area (Å²) < 4.78 is 0. The van der Waals surface area contributed by atoms with Gasteiger partial charge in [0.05, 0.1) is 0 Å². The van der Waals surface area contributed by atoms with Gasteiger partial charge in [0.1, 0.15) is 5.41 Å². The summed E-state index contributed by atoms with van der Waals surface area (Å²) in [5, 5.41) is 5.61. The fraction of sp³-hybridized carbons (Fsp3) is 0.278. The molecule has 2 amide bonds. The number of para-hydroxylation sites is 1. The number of nitrogens with one attached hydrogen (secondary N) is 2. The normalized spacial score (nSPS) is 10.9. The van der Waals surface area contributed by atoms with Crippen LogP contribution in [0.25, 0.3) is 0 Å². The van der Waals surface area contributed by atoms with Crippen LogP contribution in [0.1, 0.15) is 25.0 Å². The third-order valence-corrected chi connectivity index (χ3v) is 3.73. The molecule has 1 heterocycles. The molecule has 0 saturated heterocycles. The highest BCUT2D eigenvalue weighted by Crippen LogP contribution is 2.21. The molecule has 5 nitrogen and oxygen atoms in total. The first-order valence-electron chi connectivity index (χ1n) is 7.45. The summed E-state index contributed by atoms with van der Waals surface area (Å²) in [6, 6.07) is 11.1. The van der Waals surface area contributed by atoms with Crippen molar-refractivity contribution in [3.05, 3.63) is 59.9 Å². The molecule has 1 aromatic carbocycles. The lowest BCUT2D eigenvalue weighted by Crippen LogP contribution is -2.44. The van der Waals surface area contributed by atoms with Crippen LogP contribution in [-0.2, 0) is 16.1 Å². The minimum atomic E-state index is -1.17. The third kappa shape index (κ3) is 4.16. The van der Waals surface area contributed by atoms with E-state index in [0.717, 1.165) is 11.1 Å². The van der Waals surface area contributed by atoms with Gasteiger partial charge in [-0.15, -0.1) is 0 Å². The van der Waals surface area contributed by atoms with Crippen molar-refractivity contribution in [1.29, 1.82) is 0 Å². The molecule has 1 aromatic heterocycles. The summed E-state index contributed by atoms with van der Waals surface area (Å²) in [6.07, 6.45) is 3.33. The molecule has 0 aliphatic heterocycles. The lowest BCUT2D eigenvalue weighted by Gasteiger charge is -2.23. The molecule has 0 aliphatic rings. The van der Waals surface area contributed by atoms with Crippen LogP contribution in [-0.4, -0.2) is 16.8 Å². The summed E-state index contributed by atoms with van der Waals surface area (Å²) in [7, 11) is 0. The van der Waals surface area contributed by atoms with E-state index in [2.05, 4.69) is 15.6 Å². The molecule has 0 aliphatic carbocycles. The Bertz CT molecular complexity index is 696. The highest BCUT2D eigenvalue weighted by molar-refractivity contribution is 6.10. The molecule has 0 unspecified atom stereocenters. The topological polar surface area (TPSA) is 71.1 Å². The predicted molar refractivity (Wildman–Crippen MR) is 89.7 cm³/mol. The number of hydrogen-bond donors (Lipinski definition) is 2. The SMILES string of the molecule is Cc1ccccc1NC(=O)C(C)(C)C(=O)NCc1ccncc1. The third-order valence-electron chi connectivity index (χ3n) is 3.73. The number of anilines is 1. The number of pyridine rings is 1. The lowest BCUT2D eigenvalue weighted by atomic mass is 9.90. The van der Waals surface area contributed by atoms with Crippen LogP contribution >= 0.6 is 0 Å². The number of amides is 2. The Labute approximate surface area is 136 Å². The fourth-order valence-electron chi connectivity index (χ4n) is 2.00. The molecule has 0 atom stereocenters. The van der Waals surface area contributed by atoms with E-state index in [-0.39, 0.29) is 11.8 Å². The van der Waals surface area contributed by atoms with Gasteiger partial charge in [0.25, 0.3) is 0 Å². The van der Waals surface area contributed by atoms with Gasteiger partial charge in [0, 0.05) is 24.6 Å². The van der Waals surface area contributed by atoms with Crippen LogP contribution < -0.4 is 10.6 Å². The number of rotatable bonds is 5. The zero-order valence-electron chi connectivity index (χ0n) is 13.6. The van der Waals surface area contributed by atoms with E-state index < -0.39 is 5.41 Å². The van der Waals surface area contributed by atoms with Crippen LogP contribution in [0.3, 0.4) is 0 Å². The molecule has 0 saturated carbocycles. The van der Waals surface area contributed by atoms with Gasteiger partial charge in [0.15, 0.2) is 0 Å². The van der Waals surface area contributed by atoms with Crippen molar-refractivity contribution in [2.45, 2.75) is 27.3 Å². The van der Waals surface area contributed by atoms with Crippen molar-refractivity contribution in [1.82, 2.24) is 10.3 Å². The Morgan fingerprint density at radius 1 is 1.04 bits per heavy atom. The van der Waals surface area contributed by atoms with Crippen LogP contribution in [0, 0.1) is 12.3 Å². The molecule has 0 spiro atoms. The summed E-state index contributed by atoms with van der Waals surface area (Å²) in [6.45, 7) is 5.50. The summed E-state index contributed by atoms with van der Waals surface area (Å²) in [5.41, 5.74) is 1.43. The second-order valence-corrected chi connectivity index (χ2v) is 5.93. The van der Waals surface area contributed by atoms with Gasteiger partial charge >= 0.3 is 0 Å². The Balaban J connectivity index is 2.00. The van der Waals surface area contributed by atoms with E-state index in [1.54, 1.807) is 26.2 Å². The standard InChI is InChI=1S/C18H21N3O2/c1-13-6-4-5-7-15(13)21-17(23)18(2,3)16(22)20-12-14-8-10-19-11-9-14/h4-11H,12H2,1-3H3,(H,20,22)(H,21,23). The minimum absolute atomic E-state index is 0.319. The predicted octanol–water partition coefficient (Wildman–Crippen LogP) is 2.67. The number of carbonyl (C=O) groups excluding carboxylic acids is 2. The Morgan fingerprint density at radius 3 is 2.35 bits per heavy atom. The van der Waals surface area contributed by atoms with Crippen LogP contribution in [0.15, 0.2) is 48.8 Å². The van der Waals surface area contributed by atoms with E-state index in [1.807, 2.05) is 43.3 Å². The van der Waals surface area contributed by atoms with Crippen molar-refractivity contribution < 1.29 is 9.59 Å². The van der Waals surface area contributed by atoms with Crippen LogP contribution in [0.2, 0.25) is 0 Å². The van der Waals surface area contributed by atoms with Crippen LogP contribution in [0.4, 0.5) is 5.69 Å². The van der Waals surface area contributed by atoms with Gasteiger partial charge in [-0.25, -0.2) is 0 Å². The molecule has 0 radical (unpaired) electrons. The first kappa shape index (κ1) is 16.7. The van der Waals surface area contributed by atoms with Gasteiger partial charge in [-0.3, -0.25) is 14.6 Å². The molecule has 0 fully saturated rings. The molecular weight excluding hydrogens is 290 g/mol. The highest BCUT2D eigenvalue weighted by Gasteiger charge is 2.36. The van der Waals surface area contributed by atoms with Gasteiger partial charge < -0.3 is 10.6 Å². The number of aryl methyl sites for hydroxylation is 1. The number of hydrogen-bond acceptors (Lipinski definition) is 3. The zero-order valence-corrected chi connectivity index (χ0v) is 13.6. The number of aromatic nitrogens is 1. The van der Waals surface area contributed by atoms with Gasteiger partial charge in [0.2, 0.25) is 11.8 Å². The molecule has 0 bridgehead atoms. The molecule has 23 heavy (non-hydrogen) atoms. The Kier molecular flexibility index (Phi) is 5.11. The molecule has 2 N–H and O–H groups in total. The fourth-order valence-corrected chi connectivity index (χ4v) is 2.00. The van der Waals surface area contributed by atoms with Gasteiger partial charge in [-0.2, -0.15) is 0 Å². The number of nitrogens with zero attached hydrogens (tertiary/aromatic N) is 1. The maximum absolute atomic E-state index is 12.5. The summed E-state index contributed by atoms with van der Waals surface area (Å²) in [4.78, 5) is 28.8. The maximum atomic E-state index is 12.5. The van der Waals surface area contributed by atoms with Crippen molar-refractivity contribution in [2.24, 2.45) is 5.41 Å². The number of benzene rings is 1. The lowest BCUT2D eigenvalue weighted by molar-refractivity contribution is -0.138. The van der Waals surface area contributed by atoms with E-state index in [4.69, 9.17) is 0 Å². The Morgan fingerprint density at radius 2 is 1.70 bits per heavy atom. The second kappa shape index (κ2) is 7.05. The molecule has 120 valence electrons. The van der Waals surface area contributed by atoms with Gasteiger partial charge in [-0.1, -0.05) is 18.2 Å². The molecule has 2 aromatic rings. The first-order valence-corrected chi connectivity index (χ1v) is 7.45. The van der Waals surface area contributed by atoms with Crippen molar-refractivity contribution in [2.75, 3.05) is 5.32 Å². The quantitative estimate of drug-likeness (QED) is 0.834. The maximum Gasteiger partial charge on any atom is 0.239 e. The smallest absolute Gasteiger partial charge is 0.239 e. The van der Waals surface area contributed by atoms with Crippen molar-refractivity contribution in [3.8, 4) is 0 Å². The average molecular weight is 311 g/mol. The second-order valence-electron chi connectivity index (χ2n) is 5.93. The van der Waals surface area contributed by atoms with E-state index >= 15 is 0 Å². The monoisotopic (exact) mass is 311 g/mol. The Hall–Kier alpha value is -2.69.